The molecule has 0 spiro atoms. The van der Waals surface area contributed by atoms with E-state index in [2.05, 4.69) is 30.6 Å². The molecule has 0 saturated carbocycles. The lowest BCUT2D eigenvalue weighted by Crippen LogP contribution is -2.38. The largest absolute Gasteiger partial charge is 0.346 e. The summed E-state index contributed by atoms with van der Waals surface area (Å²) in [4.78, 5) is 15.1. The molecule has 27 heavy (non-hydrogen) atoms. The molecule has 8 heteroatoms. The van der Waals surface area contributed by atoms with Gasteiger partial charge in [-0.1, -0.05) is 0 Å². The minimum Gasteiger partial charge on any atom is -0.346 e. The number of rotatable bonds is 5. The van der Waals surface area contributed by atoms with Crippen molar-refractivity contribution in [2.45, 2.75) is 25.4 Å². The maximum atomic E-state index is 5.74. The Morgan fingerprint density at radius 2 is 2.15 bits per heavy atom. The highest BCUT2D eigenvalue weighted by Crippen LogP contribution is 2.32. The highest BCUT2D eigenvalue weighted by atomic mass is 15.3. The van der Waals surface area contributed by atoms with Gasteiger partial charge in [0.25, 0.3) is 0 Å². The number of imidazole rings is 1. The van der Waals surface area contributed by atoms with Crippen LogP contribution in [0.25, 0.3) is 22.1 Å². The van der Waals surface area contributed by atoms with Crippen LogP contribution in [0.2, 0.25) is 0 Å². The van der Waals surface area contributed by atoms with Crippen molar-refractivity contribution in [2.75, 3.05) is 26.2 Å². The van der Waals surface area contributed by atoms with Gasteiger partial charge in [-0.25, -0.2) is 9.97 Å². The van der Waals surface area contributed by atoms with Gasteiger partial charge in [-0.05, 0) is 25.0 Å². The van der Waals surface area contributed by atoms with E-state index in [-0.39, 0.29) is 0 Å². The van der Waals surface area contributed by atoms with Gasteiger partial charge >= 0.3 is 0 Å². The molecule has 3 N–H and O–H groups in total. The van der Waals surface area contributed by atoms with E-state index in [1.54, 1.807) is 0 Å². The summed E-state index contributed by atoms with van der Waals surface area (Å²) < 4.78 is 4.37. The van der Waals surface area contributed by atoms with Gasteiger partial charge in [-0.2, -0.15) is 5.10 Å². The quantitative estimate of drug-likeness (QED) is 0.563. The second-order valence-electron chi connectivity index (χ2n) is 7.20. The normalized spacial score (nSPS) is 16.6. The minimum absolute atomic E-state index is 0.426. The van der Waals surface area contributed by atoms with E-state index in [1.807, 2.05) is 35.5 Å². The molecule has 0 aliphatic carbocycles. The summed E-state index contributed by atoms with van der Waals surface area (Å²) in [7, 11) is 0. The lowest BCUT2D eigenvalue weighted by atomic mass is 10.0. The Kier molecular flexibility index (Phi) is 4.14. The number of nitrogens with one attached hydrogen (secondary N) is 1. The molecule has 0 unspecified atom stereocenters. The Hall–Kier alpha value is -2.71. The molecule has 0 bridgehead atoms. The van der Waals surface area contributed by atoms with Gasteiger partial charge in [0.1, 0.15) is 17.0 Å². The summed E-state index contributed by atoms with van der Waals surface area (Å²) in [5, 5.41) is 5.51. The summed E-state index contributed by atoms with van der Waals surface area (Å²) in [5.74, 6) is 1.04. The van der Waals surface area contributed by atoms with Gasteiger partial charge in [-0.3, -0.25) is 4.68 Å². The summed E-state index contributed by atoms with van der Waals surface area (Å²) in [6, 6.07) is 4.48. The third kappa shape index (κ3) is 2.90. The molecule has 5 heterocycles. The van der Waals surface area contributed by atoms with Crippen molar-refractivity contribution in [2.24, 2.45) is 5.73 Å². The van der Waals surface area contributed by atoms with Gasteiger partial charge in [0.2, 0.25) is 0 Å². The van der Waals surface area contributed by atoms with Crippen LogP contribution in [0.3, 0.4) is 0 Å². The molecule has 1 aliphatic heterocycles. The monoisotopic (exact) mass is 364 g/mol. The van der Waals surface area contributed by atoms with Crippen molar-refractivity contribution in [3.05, 3.63) is 42.7 Å². The molecule has 4 aromatic heterocycles. The fourth-order valence-electron chi connectivity index (χ4n) is 4.27. The van der Waals surface area contributed by atoms with Crippen LogP contribution >= 0.6 is 0 Å². The molecule has 0 atom stereocenters. The molecular formula is C19H24N8. The lowest BCUT2D eigenvalue weighted by Gasteiger charge is -2.33. The van der Waals surface area contributed by atoms with Gasteiger partial charge in [0, 0.05) is 56.2 Å². The van der Waals surface area contributed by atoms with E-state index in [0.717, 1.165) is 61.4 Å². The second-order valence-corrected chi connectivity index (χ2v) is 7.20. The van der Waals surface area contributed by atoms with Gasteiger partial charge < -0.3 is 20.2 Å². The Bertz CT molecular complexity index is 1040. The average Bonchev–Trinajstić information content (AvgIpc) is 3.41. The number of likely N-dealkylation sites (tertiary alicyclic amines) is 1. The smallest absolute Gasteiger partial charge is 0.139 e. The van der Waals surface area contributed by atoms with Gasteiger partial charge in [0.05, 0.1) is 18.3 Å². The number of hydrogen-bond acceptors (Lipinski definition) is 5. The van der Waals surface area contributed by atoms with Crippen molar-refractivity contribution in [1.29, 1.82) is 0 Å². The molecule has 0 aromatic carbocycles. The fraction of sp³-hybridized carbons (Fsp3) is 0.421. The molecule has 1 saturated heterocycles. The van der Waals surface area contributed by atoms with Crippen molar-refractivity contribution < 1.29 is 0 Å². The number of H-pyrrole nitrogens is 1. The number of piperidine rings is 1. The Morgan fingerprint density at radius 3 is 2.93 bits per heavy atom. The minimum atomic E-state index is 0.426. The van der Waals surface area contributed by atoms with Gasteiger partial charge in [0.15, 0.2) is 0 Å². The first-order valence-electron chi connectivity index (χ1n) is 9.56. The van der Waals surface area contributed by atoms with E-state index in [9.17, 15) is 0 Å². The first-order chi connectivity index (χ1) is 13.3. The summed E-state index contributed by atoms with van der Waals surface area (Å²) >= 11 is 0. The standard InChI is InChI=1S/C19H24N8/c20-5-11-25-9-3-14(4-10-25)27-17(13-26-8-1-6-23-26)24-16-12-22-19-15(18(16)27)2-7-21-19/h1-2,6-8,12,14H,3-5,9-11,13,20H2,(H,21,22). The zero-order valence-electron chi connectivity index (χ0n) is 15.3. The SMILES string of the molecule is NCCN1CCC(n2c(Cn3cccn3)nc3cnc4[nH]ccc4c32)CC1. The van der Waals surface area contributed by atoms with E-state index >= 15 is 0 Å². The number of nitrogens with two attached hydrogens (primary N) is 1. The number of fused-ring (bicyclic) bond motifs is 3. The number of nitrogens with zero attached hydrogens (tertiary/aromatic N) is 6. The van der Waals surface area contributed by atoms with E-state index in [1.165, 1.54) is 5.52 Å². The second kappa shape index (κ2) is 6.79. The van der Waals surface area contributed by atoms with E-state index in [0.29, 0.717) is 12.6 Å². The van der Waals surface area contributed by atoms with Gasteiger partial charge in [-0.15, -0.1) is 0 Å². The number of aromatic amines is 1. The highest BCUT2D eigenvalue weighted by Gasteiger charge is 2.25. The zero-order valence-corrected chi connectivity index (χ0v) is 15.3. The van der Waals surface area contributed by atoms with Crippen LogP contribution in [-0.4, -0.2) is 60.4 Å². The third-order valence-corrected chi connectivity index (χ3v) is 5.54. The first kappa shape index (κ1) is 16.5. The van der Waals surface area contributed by atoms with Crippen LogP contribution in [0.4, 0.5) is 0 Å². The fourth-order valence-corrected chi connectivity index (χ4v) is 4.27. The zero-order chi connectivity index (χ0) is 18.2. The molecule has 1 fully saturated rings. The maximum absolute atomic E-state index is 5.74. The Labute approximate surface area is 157 Å². The van der Waals surface area contributed by atoms with Crippen molar-refractivity contribution in [3.8, 4) is 0 Å². The van der Waals surface area contributed by atoms with Crippen LogP contribution < -0.4 is 5.73 Å². The van der Waals surface area contributed by atoms with Crippen LogP contribution in [0.15, 0.2) is 36.9 Å². The molecule has 4 aromatic rings. The van der Waals surface area contributed by atoms with Crippen molar-refractivity contribution >= 4 is 22.1 Å². The molecule has 8 nitrogen and oxygen atoms in total. The van der Waals surface area contributed by atoms with Crippen LogP contribution in [0.5, 0.6) is 0 Å². The maximum Gasteiger partial charge on any atom is 0.139 e. The topological polar surface area (TPSA) is 93.6 Å². The van der Waals surface area contributed by atoms with Crippen molar-refractivity contribution in [1.82, 2.24) is 34.2 Å². The molecule has 0 amide bonds. The van der Waals surface area contributed by atoms with Crippen LogP contribution in [-0.2, 0) is 6.54 Å². The highest BCUT2D eigenvalue weighted by molar-refractivity contribution is 6.01. The van der Waals surface area contributed by atoms with E-state index < -0.39 is 0 Å². The molecule has 140 valence electrons. The number of hydrogen-bond donors (Lipinski definition) is 2. The van der Waals surface area contributed by atoms with Crippen LogP contribution in [0, 0.1) is 0 Å². The summed E-state index contributed by atoms with van der Waals surface area (Å²) in [5.41, 5.74) is 8.78. The predicted octanol–water partition coefficient (Wildman–Crippen LogP) is 1.75. The Balaban J connectivity index is 1.60. The predicted molar refractivity (Wildman–Crippen MR) is 104 cm³/mol. The molecule has 1 aliphatic rings. The van der Waals surface area contributed by atoms with Crippen LogP contribution in [0.1, 0.15) is 24.7 Å². The molecular weight excluding hydrogens is 340 g/mol. The van der Waals surface area contributed by atoms with Crippen molar-refractivity contribution in [3.63, 3.8) is 0 Å². The third-order valence-electron chi connectivity index (χ3n) is 5.54. The summed E-state index contributed by atoms with van der Waals surface area (Å²) in [6.45, 7) is 4.51. The number of pyridine rings is 1. The summed E-state index contributed by atoms with van der Waals surface area (Å²) in [6.07, 6.45) is 9.83. The number of aromatic nitrogens is 6. The molecule has 0 radical (unpaired) electrons. The Morgan fingerprint density at radius 1 is 1.26 bits per heavy atom. The molecule has 5 rings (SSSR count). The lowest BCUT2D eigenvalue weighted by molar-refractivity contribution is 0.191. The van der Waals surface area contributed by atoms with E-state index in [4.69, 9.17) is 10.7 Å². The first-order valence-corrected chi connectivity index (χ1v) is 9.56. The average molecular weight is 364 g/mol.